The molecule has 0 fully saturated rings. The van der Waals surface area contributed by atoms with Gasteiger partial charge >= 0.3 is 6.01 Å². The molecule has 2 heterocycles. The minimum atomic E-state index is -0.506. The lowest BCUT2D eigenvalue weighted by atomic mass is 10.3. The molecule has 0 aliphatic rings. The van der Waals surface area contributed by atoms with Crippen LogP contribution in [0.3, 0.4) is 0 Å². The van der Waals surface area contributed by atoms with Crippen molar-refractivity contribution >= 4 is 29.3 Å². The van der Waals surface area contributed by atoms with Crippen molar-refractivity contribution in [2.75, 3.05) is 17.2 Å². The first-order valence-electron chi connectivity index (χ1n) is 5.62. The van der Waals surface area contributed by atoms with E-state index in [1.54, 1.807) is 19.1 Å². The Balaban J connectivity index is 2.20. The molecule has 1 amide bonds. The van der Waals surface area contributed by atoms with Crippen LogP contribution in [0.25, 0.3) is 0 Å². The second-order valence-corrected chi connectivity index (χ2v) is 4.04. The number of nitrogens with zero attached hydrogens (tertiary/aromatic N) is 3. The highest BCUT2D eigenvalue weighted by Gasteiger charge is 2.16. The summed E-state index contributed by atoms with van der Waals surface area (Å²) in [4.78, 5) is 16.1. The Bertz CT molecular complexity index is 599. The van der Waals surface area contributed by atoms with E-state index >= 15 is 0 Å². The van der Waals surface area contributed by atoms with Crippen LogP contribution >= 0.6 is 11.6 Å². The van der Waals surface area contributed by atoms with Crippen LogP contribution in [0.1, 0.15) is 23.3 Å². The van der Waals surface area contributed by atoms with Gasteiger partial charge in [-0.25, -0.2) is 4.98 Å². The molecule has 7 nitrogen and oxygen atoms in total. The van der Waals surface area contributed by atoms with Crippen molar-refractivity contribution in [2.24, 2.45) is 0 Å². The lowest BCUT2D eigenvalue weighted by Crippen LogP contribution is -2.15. The van der Waals surface area contributed by atoms with Crippen LogP contribution in [0.15, 0.2) is 16.5 Å². The summed E-state index contributed by atoms with van der Waals surface area (Å²) >= 11 is 5.94. The molecule has 2 rings (SSSR count). The molecule has 2 aromatic rings. The number of halogens is 1. The average molecular weight is 282 g/mol. The number of hydrogen-bond acceptors (Lipinski definition) is 6. The van der Waals surface area contributed by atoms with Gasteiger partial charge in [0, 0.05) is 13.5 Å². The van der Waals surface area contributed by atoms with Crippen molar-refractivity contribution in [2.45, 2.75) is 13.8 Å². The molecule has 0 bridgehead atoms. The maximum atomic E-state index is 12.0. The van der Waals surface area contributed by atoms with E-state index in [2.05, 4.69) is 25.8 Å². The molecule has 0 saturated carbocycles. The predicted octanol–water partition coefficient (Wildman–Crippen LogP) is 2.11. The first kappa shape index (κ1) is 13.3. The Morgan fingerprint density at radius 1 is 1.42 bits per heavy atom. The first-order valence-corrected chi connectivity index (χ1v) is 6.00. The van der Waals surface area contributed by atoms with Crippen molar-refractivity contribution in [3.63, 3.8) is 0 Å². The molecular weight excluding hydrogens is 270 g/mol. The number of anilines is 2. The van der Waals surface area contributed by atoms with Crippen LogP contribution in [0.2, 0.25) is 5.02 Å². The zero-order valence-electron chi connectivity index (χ0n) is 10.4. The third-order valence-corrected chi connectivity index (χ3v) is 2.47. The molecule has 0 unspecified atom stereocenters. The lowest BCUT2D eigenvalue weighted by Gasteiger charge is -2.06. The van der Waals surface area contributed by atoms with E-state index in [4.69, 9.17) is 16.0 Å². The maximum Gasteiger partial charge on any atom is 0.322 e. The normalized spacial score (nSPS) is 10.3. The number of carbonyl (C=O) groups excluding carboxylic acids is 1. The Morgan fingerprint density at radius 2 is 2.21 bits per heavy atom. The monoisotopic (exact) mass is 281 g/mol. The predicted molar refractivity (Wildman–Crippen MR) is 70.4 cm³/mol. The summed E-state index contributed by atoms with van der Waals surface area (Å²) in [5.41, 5.74) is 0.0935. The number of aromatic nitrogens is 3. The van der Waals surface area contributed by atoms with Crippen LogP contribution in [-0.2, 0) is 0 Å². The summed E-state index contributed by atoms with van der Waals surface area (Å²) in [7, 11) is 0. The summed E-state index contributed by atoms with van der Waals surface area (Å²) < 4.78 is 5.05. The fourth-order valence-electron chi connectivity index (χ4n) is 1.38. The van der Waals surface area contributed by atoms with Gasteiger partial charge in [-0.15, -0.1) is 5.10 Å². The largest absolute Gasteiger partial charge is 0.408 e. The molecule has 0 aromatic carbocycles. The van der Waals surface area contributed by atoms with E-state index in [9.17, 15) is 4.79 Å². The molecule has 19 heavy (non-hydrogen) atoms. The Labute approximate surface area is 114 Å². The number of amides is 1. The number of pyridine rings is 1. The molecule has 0 spiro atoms. The van der Waals surface area contributed by atoms with Gasteiger partial charge < -0.3 is 9.73 Å². The molecule has 2 N–H and O–H groups in total. The van der Waals surface area contributed by atoms with E-state index < -0.39 is 5.91 Å². The van der Waals surface area contributed by atoms with E-state index in [0.29, 0.717) is 18.3 Å². The number of carbonyl (C=O) groups is 1. The highest BCUT2D eigenvalue weighted by Crippen LogP contribution is 2.18. The fourth-order valence-corrected chi connectivity index (χ4v) is 1.58. The second-order valence-electron chi connectivity index (χ2n) is 3.64. The second kappa shape index (κ2) is 5.66. The number of nitrogens with one attached hydrogen (secondary N) is 2. The molecule has 8 heteroatoms. The maximum absolute atomic E-state index is 12.0. The van der Waals surface area contributed by atoms with Gasteiger partial charge in [0.05, 0.1) is 5.02 Å². The van der Waals surface area contributed by atoms with Gasteiger partial charge in [-0.1, -0.05) is 16.7 Å². The van der Waals surface area contributed by atoms with E-state index in [-0.39, 0.29) is 16.7 Å². The van der Waals surface area contributed by atoms with E-state index in [1.165, 1.54) is 0 Å². The first-order chi connectivity index (χ1) is 9.10. The van der Waals surface area contributed by atoms with E-state index in [0.717, 1.165) is 0 Å². The summed E-state index contributed by atoms with van der Waals surface area (Å²) in [5.74, 6) is 0.419. The third kappa shape index (κ3) is 3.19. The van der Waals surface area contributed by atoms with Crippen molar-refractivity contribution in [1.82, 2.24) is 15.2 Å². The van der Waals surface area contributed by atoms with Crippen molar-refractivity contribution in [3.05, 3.63) is 28.7 Å². The number of hydrogen-bond donors (Lipinski definition) is 2. The SMILES string of the molecule is CCNc1ccc(Cl)c(C(=O)Nc2nnc(C)o2)n1. The molecule has 2 aromatic heterocycles. The van der Waals surface area contributed by atoms with Crippen LogP contribution in [0, 0.1) is 6.92 Å². The zero-order chi connectivity index (χ0) is 13.8. The van der Waals surface area contributed by atoms with Crippen molar-refractivity contribution < 1.29 is 9.21 Å². The lowest BCUT2D eigenvalue weighted by molar-refractivity contribution is 0.101. The van der Waals surface area contributed by atoms with Gasteiger partial charge in [0.2, 0.25) is 5.89 Å². The van der Waals surface area contributed by atoms with Crippen LogP contribution in [0.4, 0.5) is 11.8 Å². The molecule has 100 valence electrons. The summed E-state index contributed by atoms with van der Waals surface area (Å²) in [5, 5.41) is 12.9. The molecule has 0 aliphatic carbocycles. The van der Waals surface area contributed by atoms with Crippen LogP contribution < -0.4 is 10.6 Å². The Morgan fingerprint density at radius 3 is 2.84 bits per heavy atom. The van der Waals surface area contributed by atoms with E-state index in [1.807, 2.05) is 6.92 Å². The average Bonchev–Trinajstić information content (AvgIpc) is 2.77. The third-order valence-electron chi connectivity index (χ3n) is 2.17. The summed E-state index contributed by atoms with van der Waals surface area (Å²) in [6.45, 7) is 4.25. The molecule has 0 aliphatic heterocycles. The van der Waals surface area contributed by atoms with Gasteiger partial charge in [-0.2, -0.15) is 0 Å². The number of aryl methyl sites for hydroxylation is 1. The number of rotatable bonds is 4. The topological polar surface area (TPSA) is 92.9 Å². The van der Waals surface area contributed by atoms with Crippen molar-refractivity contribution in [1.29, 1.82) is 0 Å². The van der Waals surface area contributed by atoms with Gasteiger partial charge in [0.25, 0.3) is 5.91 Å². The quantitative estimate of drug-likeness (QED) is 0.891. The van der Waals surface area contributed by atoms with Gasteiger partial charge in [0.1, 0.15) is 11.5 Å². The van der Waals surface area contributed by atoms with Gasteiger partial charge in [-0.3, -0.25) is 10.1 Å². The van der Waals surface area contributed by atoms with Gasteiger partial charge in [0.15, 0.2) is 0 Å². The summed E-state index contributed by atoms with van der Waals surface area (Å²) in [6.07, 6.45) is 0. The summed E-state index contributed by atoms with van der Waals surface area (Å²) in [6, 6.07) is 3.30. The molecular formula is C11H12ClN5O2. The zero-order valence-corrected chi connectivity index (χ0v) is 11.2. The smallest absolute Gasteiger partial charge is 0.322 e. The highest BCUT2D eigenvalue weighted by molar-refractivity contribution is 6.34. The standard InChI is InChI=1S/C11H12ClN5O2/c1-3-13-8-5-4-7(12)9(14-8)10(18)15-11-17-16-6(2)19-11/h4-5H,3H2,1-2H3,(H,13,14)(H,15,17,18). The highest BCUT2D eigenvalue weighted by atomic mass is 35.5. The van der Waals surface area contributed by atoms with Crippen LogP contribution in [0.5, 0.6) is 0 Å². The van der Waals surface area contributed by atoms with Crippen LogP contribution in [-0.4, -0.2) is 27.6 Å². The minimum absolute atomic E-state index is 0.00854. The minimum Gasteiger partial charge on any atom is -0.408 e. The molecule has 0 atom stereocenters. The van der Waals surface area contributed by atoms with Crippen molar-refractivity contribution in [3.8, 4) is 0 Å². The fraction of sp³-hybridized carbons (Fsp3) is 0.273. The Kier molecular flexibility index (Phi) is 3.96. The van der Waals surface area contributed by atoms with Gasteiger partial charge in [-0.05, 0) is 19.1 Å². The Hall–Kier alpha value is -2.15. The molecule has 0 saturated heterocycles. The molecule has 0 radical (unpaired) electrons.